The number of thiocarbonyl (C=S) groups is 1. The maximum atomic E-state index is 11.8. The van der Waals surface area contributed by atoms with Gasteiger partial charge in [-0.1, -0.05) is 36.7 Å². The van der Waals surface area contributed by atoms with Crippen molar-refractivity contribution < 1.29 is 4.79 Å². The smallest absolute Gasteiger partial charge is 0.163 e. The second kappa shape index (κ2) is 7.17. The largest absolute Gasteiger partial charge is 0.376 e. The minimum atomic E-state index is -0.0744. The van der Waals surface area contributed by atoms with E-state index in [2.05, 4.69) is 47.3 Å². The Labute approximate surface area is 105 Å². The van der Waals surface area contributed by atoms with E-state index in [0.717, 1.165) is 6.42 Å². The molecule has 88 valence electrons. The maximum Gasteiger partial charge on any atom is 0.163 e. The molecule has 0 saturated carbocycles. The summed E-state index contributed by atoms with van der Waals surface area (Å²) in [5, 5.41) is 3.04. The van der Waals surface area contributed by atoms with Gasteiger partial charge in [-0.3, -0.25) is 4.79 Å². The molecule has 2 atom stereocenters. The van der Waals surface area contributed by atoms with Crippen LogP contribution >= 0.6 is 28.1 Å². The molecular formula is C10H19BrN2OS. The van der Waals surface area contributed by atoms with E-state index in [1.807, 2.05) is 6.92 Å². The van der Waals surface area contributed by atoms with Gasteiger partial charge in [0.1, 0.15) is 0 Å². The van der Waals surface area contributed by atoms with Gasteiger partial charge < -0.3 is 11.1 Å². The predicted octanol–water partition coefficient (Wildman–Crippen LogP) is 1.83. The zero-order chi connectivity index (χ0) is 12.0. The minimum absolute atomic E-state index is 0.0688. The molecule has 5 heteroatoms. The van der Waals surface area contributed by atoms with Crippen molar-refractivity contribution in [3.8, 4) is 0 Å². The Morgan fingerprint density at radius 3 is 2.40 bits per heavy atom. The van der Waals surface area contributed by atoms with Gasteiger partial charge in [0.25, 0.3) is 0 Å². The molecule has 0 fully saturated rings. The van der Waals surface area contributed by atoms with Gasteiger partial charge in [-0.25, -0.2) is 0 Å². The lowest BCUT2D eigenvalue weighted by Gasteiger charge is -2.17. The normalized spacial score (nSPS) is 14.7. The van der Waals surface area contributed by atoms with Crippen LogP contribution in [0.2, 0.25) is 0 Å². The molecule has 0 rings (SSSR count). The van der Waals surface area contributed by atoms with Gasteiger partial charge in [0.2, 0.25) is 0 Å². The zero-order valence-electron chi connectivity index (χ0n) is 9.42. The number of nitrogens with one attached hydrogen (secondary N) is 1. The number of carbonyl (C=O) groups is 1. The summed E-state index contributed by atoms with van der Waals surface area (Å²) in [7, 11) is 0. The lowest BCUT2D eigenvalue weighted by molar-refractivity contribution is -0.121. The SMILES string of the molecule is CC(C)CC(Br)C(=O)C(C)CNC(N)=S. The Bertz CT molecular complexity index is 233. The lowest BCUT2D eigenvalue weighted by atomic mass is 9.98. The van der Waals surface area contributed by atoms with Crippen LogP contribution in [0.5, 0.6) is 0 Å². The van der Waals surface area contributed by atoms with Gasteiger partial charge in [-0.15, -0.1) is 0 Å². The highest BCUT2D eigenvalue weighted by Crippen LogP contribution is 2.17. The third-order valence-corrected chi connectivity index (χ3v) is 3.02. The summed E-state index contributed by atoms with van der Waals surface area (Å²) in [6, 6.07) is 0. The van der Waals surface area contributed by atoms with Gasteiger partial charge in [-0.2, -0.15) is 0 Å². The fourth-order valence-corrected chi connectivity index (χ4v) is 2.48. The second-order valence-corrected chi connectivity index (χ2v) is 5.69. The first-order chi connectivity index (χ1) is 6.84. The summed E-state index contributed by atoms with van der Waals surface area (Å²) in [5.41, 5.74) is 5.30. The van der Waals surface area contributed by atoms with E-state index in [-0.39, 0.29) is 21.6 Å². The van der Waals surface area contributed by atoms with Crippen LogP contribution in [-0.4, -0.2) is 22.3 Å². The van der Waals surface area contributed by atoms with Crippen molar-refractivity contribution in [2.75, 3.05) is 6.54 Å². The van der Waals surface area contributed by atoms with Crippen molar-refractivity contribution in [1.29, 1.82) is 0 Å². The van der Waals surface area contributed by atoms with Gasteiger partial charge >= 0.3 is 0 Å². The topological polar surface area (TPSA) is 55.1 Å². The number of hydrogen-bond donors (Lipinski definition) is 2. The van der Waals surface area contributed by atoms with Crippen LogP contribution in [0.15, 0.2) is 0 Å². The summed E-state index contributed by atoms with van der Waals surface area (Å²) in [6.45, 7) is 6.58. The Balaban J connectivity index is 4.01. The van der Waals surface area contributed by atoms with Gasteiger partial charge in [0.15, 0.2) is 10.9 Å². The van der Waals surface area contributed by atoms with Crippen molar-refractivity contribution in [2.24, 2.45) is 17.6 Å². The molecule has 0 aromatic rings. The van der Waals surface area contributed by atoms with E-state index in [1.165, 1.54) is 0 Å². The number of alkyl halides is 1. The summed E-state index contributed by atoms with van der Waals surface area (Å²) in [4.78, 5) is 11.8. The van der Waals surface area contributed by atoms with Crippen LogP contribution in [0.4, 0.5) is 0 Å². The number of halogens is 1. The summed E-state index contributed by atoms with van der Waals surface area (Å²) in [6.07, 6.45) is 0.857. The predicted molar refractivity (Wildman–Crippen MR) is 71.1 cm³/mol. The molecule has 0 heterocycles. The fourth-order valence-electron chi connectivity index (χ4n) is 1.19. The molecule has 0 amide bonds. The summed E-state index contributed by atoms with van der Waals surface area (Å²) in [5.74, 6) is 0.635. The number of carbonyl (C=O) groups excluding carboxylic acids is 1. The molecule has 0 aromatic heterocycles. The van der Waals surface area contributed by atoms with Gasteiger partial charge in [0, 0.05) is 12.5 Å². The molecule has 3 N–H and O–H groups in total. The van der Waals surface area contributed by atoms with Crippen molar-refractivity contribution >= 4 is 39.0 Å². The number of nitrogens with two attached hydrogens (primary N) is 1. The maximum absolute atomic E-state index is 11.8. The first-order valence-corrected chi connectivity index (χ1v) is 6.38. The molecule has 0 aliphatic heterocycles. The first kappa shape index (κ1) is 14.8. The number of rotatable bonds is 6. The molecule has 0 aromatic carbocycles. The number of Topliss-reactive ketones (excluding diaryl/α,β-unsaturated/α-hetero) is 1. The molecule has 2 unspecified atom stereocenters. The van der Waals surface area contributed by atoms with Crippen LogP contribution in [-0.2, 0) is 4.79 Å². The van der Waals surface area contributed by atoms with Crippen LogP contribution in [0.1, 0.15) is 27.2 Å². The van der Waals surface area contributed by atoms with Crippen LogP contribution in [0.3, 0.4) is 0 Å². The lowest BCUT2D eigenvalue weighted by Crippen LogP contribution is -2.37. The van der Waals surface area contributed by atoms with E-state index in [4.69, 9.17) is 5.73 Å². The van der Waals surface area contributed by atoms with E-state index in [0.29, 0.717) is 12.5 Å². The third kappa shape index (κ3) is 6.84. The number of ketones is 1. The molecule has 0 saturated heterocycles. The fraction of sp³-hybridized carbons (Fsp3) is 0.800. The quantitative estimate of drug-likeness (QED) is 0.580. The molecule has 0 aliphatic rings. The Morgan fingerprint density at radius 2 is 2.00 bits per heavy atom. The minimum Gasteiger partial charge on any atom is -0.376 e. The highest BCUT2D eigenvalue weighted by Gasteiger charge is 2.21. The highest BCUT2D eigenvalue weighted by molar-refractivity contribution is 9.10. The Kier molecular flexibility index (Phi) is 7.09. The second-order valence-electron chi connectivity index (χ2n) is 4.15. The number of hydrogen-bond acceptors (Lipinski definition) is 2. The van der Waals surface area contributed by atoms with Gasteiger partial charge in [-0.05, 0) is 24.6 Å². The molecule has 0 bridgehead atoms. The first-order valence-electron chi connectivity index (χ1n) is 5.05. The molecule has 3 nitrogen and oxygen atoms in total. The van der Waals surface area contributed by atoms with Crippen molar-refractivity contribution in [3.05, 3.63) is 0 Å². The van der Waals surface area contributed by atoms with E-state index in [9.17, 15) is 4.79 Å². The van der Waals surface area contributed by atoms with E-state index < -0.39 is 0 Å². The summed E-state index contributed by atoms with van der Waals surface area (Å²) >= 11 is 8.09. The molecule has 0 aliphatic carbocycles. The zero-order valence-corrected chi connectivity index (χ0v) is 11.8. The van der Waals surface area contributed by atoms with Crippen LogP contribution < -0.4 is 11.1 Å². The molecule has 15 heavy (non-hydrogen) atoms. The average Bonchev–Trinajstić information content (AvgIpc) is 2.11. The van der Waals surface area contributed by atoms with Crippen LogP contribution in [0, 0.1) is 11.8 Å². The van der Waals surface area contributed by atoms with Crippen molar-refractivity contribution in [2.45, 2.75) is 32.0 Å². The van der Waals surface area contributed by atoms with E-state index >= 15 is 0 Å². The molecule has 0 radical (unpaired) electrons. The van der Waals surface area contributed by atoms with Crippen molar-refractivity contribution in [1.82, 2.24) is 5.32 Å². The van der Waals surface area contributed by atoms with Crippen LogP contribution in [0.25, 0.3) is 0 Å². The Hall–Kier alpha value is -0.160. The molecular weight excluding hydrogens is 276 g/mol. The monoisotopic (exact) mass is 294 g/mol. The summed E-state index contributed by atoms with van der Waals surface area (Å²) < 4.78 is 0. The van der Waals surface area contributed by atoms with E-state index in [1.54, 1.807) is 0 Å². The standard InChI is InChI=1S/C10H19BrN2OS/c1-6(2)4-8(11)9(14)7(3)5-13-10(12)15/h6-8H,4-5H2,1-3H3,(H3,12,13,15). The average molecular weight is 295 g/mol. The third-order valence-electron chi connectivity index (χ3n) is 2.06. The van der Waals surface area contributed by atoms with Crippen molar-refractivity contribution in [3.63, 3.8) is 0 Å². The highest BCUT2D eigenvalue weighted by atomic mass is 79.9. The molecule has 0 spiro atoms. The van der Waals surface area contributed by atoms with Gasteiger partial charge in [0.05, 0.1) is 4.83 Å². The Morgan fingerprint density at radius 1 is 1.47 bits per heavy atom.